The summed E-state index contributed by atoms with van der Waals surface area (Å²) in [6.45, 7) is 14.7. The summed E-state index contributed by atoms with van der Waals surface area (Å²) in [5, 5.41) is 0.926. The molecule has 0 aliphatic heterocycles. The molecule has 3 fully saturated rings. The molecule has 0 saturated heterocycles. The minimum Gasteiger partial charge on any atom is -0.287 e. The Morgan fingerprint density at radius 1 is 1.06 bits per heavy atom. The van der Waals surface area contributed by atoms with Crippen LogP contribution in [0.15, 0.2) is 11.6 Å². The molecule has 0 amide bonds. The van der Waals surface area contributed by atoms with Crippen LogP contribution in [0.5, 0.6) is 0 Å². The molecule has 0 spiro atoms. The van der Waals surface area contributed by atoms with Crippen LogP contribution in [0.3, 0.4) is 0 Å². The van der Waals surface area contributed by atoms with Crippen molar-refractivity contribution in [2.45, 2.75) is 124 Å². The lowest BCUT2D eigenvalue weighted by molar-refractivity contribution is -0.110. The van der Waals surface area contributed by atoms with Crippen molar-refractivity contribution in [3.63, 3.8) is 0 Å². The number of allylic oxidation sites excluding steroid dienone is 2. The molecule has 4 rings (SSSR count). The van der Waals surface area contributed by atoms with Crippen molar-refractivity contribution in [2.75, 3.05) is 0 Å². The SMILES string of the molecule is CCC(=O)S[C@H]1CC[C@@]2(C)C(=CC[C@@H]3[C@H]4CC[C@@H]([C@H](C)CCCC(C)C)[C@]4(C)CC[C@H]32)C1. The van der Waals surface area contributed by atoms with Crippen molar-refractivity contribution in [2.24, 2.45) is 46.3 Å². The molecular weight excluding hydrogens is 408 g/mol. The number of carbonyl (C=O) groups excluding carboxylic acids is 1. The summed E-state index contributed by atoms with van der Waals surface area (Å²) in [6.07, 6.45) is 18.6. The van der Waals surface area contributed by atoms with Crippen LogP contribution >= 0.6 is 11.8 Å². The zero-order chi connectivity index (χ0) is 23.1. The molecule has 182 valence electrons. The van der Waals surface area contributed by atoms with Crippen LogP contribution in [0.25, 0.3) is 0 Å². The fraction of sp³-hybridized carbons (Fsp3) is 0.900. The van der Waals surface area contributed by atoms with Gasteiger partial charge in [-0.05, 0) is 97.7 Å². The van der Waals surface area contributed by atoms with Gasteiger partial charge in [0.05, 0.1) is 0 Å². The lowest BCUT2D eigenvalue weighted by Crippen LogP contribution is -2.50. The molecule has 8 atom stereocenters. The largest absolute Gasteiger partial charge is 0.287 e. The van der Waals surface area contributed by atoms with Crippen molar-refractivity contribution in [3.05, 3.63) is 11.6 Å². The summed E-state index contributed by atoms with van der Waals surface area (Å²) in [7, 11) is 0. The number of hydrogen-bond donors (Lipinski definition) is 0. The standard InChI is InChI=1S/C30H50OS/c1-7-28(31)32-23-15-17-29(5)22(19-23)11-12-24-26-14-13-25(21(4)10-8-9-20(2)3)30(26,6)18-16-27(24)29/h11,20-21,23-27H,7-10,12-19H2,1-6H3/t21-,23+,24-,25+,26-,27-,29+,30+/m1/s1. The monoisotopic (exact) mass is 458 g/mol. The van der Waals surface area contributed by atoms with Crippen LogP contribution in [-0.2, 0) is 4.79 Å². The minimum absolute atomic E-state index is 0.390. The van der Waals surface area contributed by atoms with Crippen molar-refractivity contribution < 1.29 is 4.79 Å². The van der Waals surface area contributed by atoms with E-state index in [9.17, 15) is 4.79 Å². The average Bonchev–Trinajstić information content (AvgIpc) is 3.11. The number of rotatable bonds is 7. The van der Waals surface area contributed by atoms with E-state index in [1.54, 1.807) is 17.3 Å². The van der Waals surface area contributed by atoms with Gasteiger partial charge in [0.2, 0.25) is 0 Å². The van der Waals surface area contributed by atoms with Crippen LogP contribution in [0.1, 0.15) is 119 Å². The fourth-order valence-corrected chi connectivity index (χ4v) is 10.1. The summed E-state index contributed by atoms with van der Waals surface area (Å²) >= 11 is 1.65. The number of thioether (sulfide) groups is 1. The van der Waals surface area contributed by atoms with Gasteiger partial charge in [0.15, 0.2) is 5.12 Å². The Labute approximate surface area is 203 Å². The normalized spacial score (nSPS) is 42.1. The molecule has 2 heteroatoms. The number of hydrogen-bond acceptors (Lipinski definition) is 2. The highest BCUT2D eigenvalue weighted by Crippen LogP contribution is 2.67. The Kier molecular flexibility index (Phi) is 7.61. The molecule has 0 N–H and O–H groups in total. The first-order valence-corrected chi connectivity index (χ1v) is 15.0. The summed E-state index contributed by atoms with van der Waals surface area (Å²) in [5.74, 6) is 5.45. The Morgan fingerprint density at radius 3 is 2.56 bits per heavy atom. The van der Waals surface area contributed by atoms with E-state index in [1.165, 1.54) is 70.6 Å². The summed E-state index contributed by atoms with van der Waals surface area (Å²) in [4.78, 5) is 12.0. The summed E-state index contributed by atoms with van der Waals surface area (Å²) in [6, 6.07) is 0. The molecule has 4 aliphatic carbocycles. The predicted octanol–water partition coefficient (Wildman–Crippen LogP) is 9.07. The molecule has 0 radical (unpaired) electrons. The topological polar surface area (TPSA) is 17.1 Å². The first kappa shape index (κ1) is 24.9. The highest BCUT2D eigenvalue weighted by molar-refractivity contribution is 8.14. The van der Waals surface area contributed by atoms with Gasteiger partial charge in [-0.25, -0.2) is 0 Å². The Morgan fingerprint density at radius 2 is 1.84 bits per heavy atom. The number of fused-ring (bicyclic) bond motifs is 5. The van der Waals surface area contributed by atoms with Gasteiger partial charge >= 0.3 is 0 Å². The molecule has 0 heterocycles. The molecule has 0 aromatic carbocycles. The zero-order valence-electron chi connectivity index (χ0n) is 21.9. The van der Waals surface area contributed by atoms with Crippen molar-refractivity contribution in [3.8, 4) is 0 Å². The van der Waals surface area contributed by atoms with Gasteiger partial charge in [0, 0.05) is 11.7 Å². The predicted molar refractivity (Wildman–Crippen MR) is 140 cm³/mol. The maximum atomic E-state index is 12.0. The smallest absolute Gasteiger partial charge is 0.188 e. The summed E-state index contributed by atoms with van der Waals surface area (Å²) in [5.41, 5.74) is 2.73. The van der Waals surface area contributed by atoms with E-state index in [4.69, 9.17) is 0 Å². The Hall–Kier alpha value is -0.240. The lowest BCUT2D eigenvalue weighted by Gasteiger charge is -2.58. The van der Waals surface area contributed by atoms with E-state index >= 15 is 0 Å². The van der Waals surface area contributed by atoms with Crippen molar-refractivity contribution in [1.82, 2.24) is 0 Å². The van der Waals surface area contributed by atoms with Gasteiger partial charge in [-0.2, -0.15) is 0 Å². The minimum atomic E-state index is 0.390. The lowest BCUT2D eigenvalue weighted by atomic mass is 9.47. The van der Waals surface area contributed by atoms with Gasteiger partial charge < -0.3 is 0 Å². The van der Waals surface area contributed by atoms with E-state index < -0.39 is 0 Å². The van der Waals surface area contributed by atoms with Crippen LogP contribution < -0.4 is 0 Å². The van der Waals surface area contributed by atoms with E-state index in [-0.39, 0.29) is 0 Å². The van der Waals surface area contributed by atoms with Crippen LogP contribution in [0.2, 0.25) is 0 Å². The van der Waals surface area contributed by atoms with Crippen LogP contribution in [0.4, 0.5) is 0 Å². The second-order valence-electron chi connectivity index (χ2n) is 13.0. The Bertz CT molecular complexity index is 710. The summed E-state index contributed by atoms with van der Waals surface area (Å²) < 4.78 is 0. The molecule has 0 aromatic heterocycles. The Balaban J connectivity index is 1.45. The molecule has 0 unspecified atom stereocenters. The van der Waals surface area contributed by atoms with Gasteiger partial charge in [0.25, 0.3) is 0 Å². The molecular formula is C30H50OS. The quantitative estimate of drug-likeness (QED) is 0.354. The van der Waals surface area contributed by atoms with Crippen LogP contribution in [0, 0.1) is 46.3 Å². The third-order valence-electron chi connectivity index (χ3n) is 10.8. The van der Waals surface area contributed by atoms with E-state index in [2.05, 4.69) is 40.7 Å². The molecule has 32 heavy (non-hydrogen) atoms. The highest BCUT2D eigenvalue weighted by Gasteiger charge is 2.59. The molecule has 4 aliphatic rings. The van der Waals surface area contributed by atoms with E-state index in [1.807, 2.05) is 6.92 Å². The maximum Gasteiger partial charge on any atom is 0.188 e. The maximum absolute atomic E-state index is 12.0. The second kappa shape index (κ2) is 9.79. The molecule has 3 saturated carbocycles. The highest BCUT2D eigenvalue weighted by atomic mass is 32.2. The van der Waals surface area contributed by atoms with Crippen molar-refractivity contribution >= 4 is 16.9 Å². The van der Waals surface area contributed by atoms with Gasteiger partial charge in [-0.15, -0.1) is 0 Å². The molecule has 0 aromatic rings. The van der Waals surface area contributed by atoms with Gasteiger partial charge in [-0.1, -0.05) is 84.2 Å². The number of carbonyl (C=O) groups is 1. The zero-order valence-corrected chi connectivity index (χ0v) is 22.7. The van der Waals surface area contributed by atoms with Gasteiger partial charge in [-0.3, -0.25) is 4.79 Å². The fourth-order valence-electron chi connectivity index (χ4n) is 9.02. The van der Waals surface area contributed by atoms with Crippen molar-refractivity contribution in [1.29, 1.82) is 0 Å². The third kappa shape index (κ3) is 4.52. The third-order valence-corrected chi connectivity index (χ3v) is 12.1. The van der Waals surface area contributed by atoms with Crippen LogP contribution in [-0.4, -0.2) is 10.4 Å². The molecule has 0 bridgehead atoms. The van der Waals surface area contributed by atoms with E-state index in [0.717, 1.165) is 35.5 Å². The first-order valence-electron chi connectivity index (χ1n) is 14.1. The molecule has 1 nitrogen and oxygen atoms in total. The van der Waals surface area contributed by atoms with E-state index in [0.29, 0.717) is 27.6 Å². The average molecular weight is 459 g/mol. The second-order valence-corrected chi connectivity index (χ2v) is 14.4. The first-order chi connectivity index (χ1) is 15.2. The van der Waals surface area contributed by atoms with Gasteiger partial charge in [0.1, 0.15) is 0 Å².